The first-order valence-electron chi connectivity index (χ1n) is 8.92. The lowest BCUT2D eigenvalue weighted by Gasteiger charge is -2.27. The first-order chi connectivity index (χ1) is 12.8. The molecule has 1 atom stereocenters. The van der Waals surface area contributed by atoms with Crippen LogP contribution in [0.2, 0.25) is 0 Å². The topological polar surface area (TPSA) is 53.6 Å². The summed E-state index contributed by atoms with van der Waals surface area (Å²) in [6, 6.07) is 4.66. The zero-order valence-electron chi connectivity index (χ0n) is 16.2. The highest BCUT2D eigenvalue weighted by Gasteiger charge is 2.30. The Bertz CT molecular complexity index is 616. The molecule has 0 radical (unpaired) electrons. The Morgan fingerprint density at radius 3 is 2.33 bits per heavy atom. The minimum absolute atomic E-state index is 0.176. The molecule has 0 saturated heterocycles. The summed E-state index contributed by atoms with van der Waals surface area (Å²) in [5.74, 6) is -0.198. The van der Waals surface area contributed by atoms with Crippen LogP contribution in [0.4, 0.5) is 18.9 Å². The molecular formula is C19H28F3N3O2. The van der Waals surface area contributed by atoms with E-state index < -0.39 is 11.7 Å². The van der Waals surface area contributed by atoms with Crippen LogP contribution in [-0.4, -0.2) is 26.3 Å². The molecule has 1 amide bonds. The Hall–Kier alpha value is -1.90. The zero-order valence-corrected chi connectivity index (χ0v) is 16.2. The van der Waals surface area contributed by atoms with Gasteiger partial charge in [-0.2, -0.15) is 13.2 Å². The fraction of sp³-hybridized carbons (Fsp3) is 0.526. The Balaban J connectivity index is 3.10. The highest BCUT2D eigenvalue weighted by atomic mass is 19.4. The number of alkyl halides is 3. The molecule has 0 aliphatic heterocycles. The number of carbonyl (C=O) groups is 1. The maximum Gasteiger partial charge on any atom is 0.416 e. The molecular weight excluding hydrogens is 359 g/mol. The zero-order chi connectivity index (χ0) is 20.4. The summed E-state index contributed by atoms with van der Waals surface area (Å²) in [6.07, 6.45) is -0.960. The van der Waals surface area contributed by atoms with Gasteiger partial charge in [0.2, 0.25) is 5.91 Å². The second kappa shape index (κ2) is 11.1. The minimum atomic E-state index is -4.41. The van der Waals surface area contributed by atoms with Gasteiger partial charge in [-0.15, -0.1) is 0 Å². The number of halogens is 3. The molecule has 1 rings (SSSR count). The molecule has 152 valence electrons. The first-order valence-corrected chi connectivity index (χ1v) is 8.92. The first kappa shape index (κ1) is 23.1. The summed E-state index contributed by atoms with van der Waals surface area (Å²) in [6.45, 7) is 3.86. The van der Waals surface area contributed by atoms with E-state index in [-0.39, 0.29) is 18.6 Å². The average molecular weight is 387 g/mol. The van der Waals surface area contributed by atoms with Gasteiger partial charge < -0.3 is 4.74 Å². The number of methoxy groups -OCH3 is 1. The van der Waals surface area contributed by atoms with E-state index in [1.165, 1.54) is 24.1 Å². The molecule has 0 spiro atoms. The normalized spacial score (nSPS) is 13.5. The fourth-order valence-electron chi connectivity index (χ4n) is 2.68. The van der Waals surface area contributed by atoms with Crippen LogP contribution in [0.25, 0.3) is 0 Å². The van der Waals surface area contributed by atoms with Crippen molar-refractivity contribution in [1.29, 1.82) is 0 Å². The van der Waals surface area contributed by atoms with Crippen molar-refractivity contribution >= 4 is 11.6 Å². The van der Waals surface area contributed by atoms with E-state index in [9.17, 15) is 18.0 Å². The number of carbonyl (C=O) groups excluding carboxylic acids is 1. The quantitative estimate of drug-likeness (QED) is 0.466. The summed E-state index contributed by atoms with van der Waals surface area (Å²) in [7, 11) is 3.23. The van der Waals surface area contributed by atoms with Gasteiger partial charge in [0.1, 0.15) is 6.23 Å². The van der Waals surface area contributed by atoms with Gasteiger partial charge in [0.25, 0.3) is 0 Å². The number of hydrazine groups is 1. The molecule has 1 unspecified atom stereocenters. The van der Waals surface area contributed by atoms with Crippen molar-refractivity contribution in [1.82, 2.24) is 10.9 Å². The van der Waals surface area contributed by atoms with E-state index in [0.29, 0.717) is 18.5 Å². The highest BCUT2D eigenvalue weighted by Crippen LogP contribution is 2.32. The summed E-state index contributed by atoms with van der Waals surface area (Å²) >= 11 is 0. The molecule has 0 fully saturated rings. The molecule has 0 aliphatic rings. The molecule has 1 aromatic rings. The molecule has 0 bridgehead atoms. The maximum atomic E-state index is 12.9. The molecule has 5 nitrogen and oxygen atoms in total. The lowest BCUT2D eigenvalue weighted by atomic mass is 10.1. The van der Waals surface area contributed by atoms with E-state index in [1.807, 2.05) is 19.9 Å². The van der Waals surface area contributed by atoms with Crippen molar-refractivity contribution in [3.63, 3.8) is 0 Å². The molecule has 0 heterocycles. The van der Waals surface area contributed by atoms with Crippen LogP contribution >= 0.6 is 0 Å². The summed E-state index contributed by atoms with van der Waals surface area (Å²) in [4.78, 5) is 14.4. The molecule has 1 aromatic carbocycles. The summed E-state index contributed by atoms with van der Waals surface area (Å²) < 4.78 is 43.7. The van der Waals surface area contributed by atoms with E-state index in [2.05, 4.69) is 10.9 Å². The van der Waals surface area contributed by atoms with Crippen molar-refractivity contribution in [2.45, 2.75) is 51.9 Å². The monoisotopic (exact) mass is 387 g/mol. The van der Waals surface area contributed by atoms with Crippen molar-refractivity contribution in [3.05, 3.63) is 41.6 Å². The standard InChI is InChI=1S/C19H28F3N3O2/c1-5-7-15(6-2)25(18(26)13-12-17(27-4)24-23-3)16-10-8-14(9-11-16)19(20,21)22/h7-11,17,23-24H,5-6,12-13H2,1-4H3/b15-7+. The number of benzene rings is 1. The Kier molecular flexibility index (Phi) is 9.48. The van der Waals surface area contributed by atoms with E-state index in [0.717, 1.165) is 24.3 Å². The number of rotatable bonds is 10. The SMILES string of the molecule is CC/C=C(\CC)N(C(=O)CCC(NNC)OC)c1ccc(C(F)(F)F)cc1. The Morgan fingerprint density at radius 1 is 1.26 bits per heavy atom. The minimum Gasteiger partial charge on any atom is -0.365 e. The van der Waals surface area contributed by atoms with E-state index >= 15 is 0 Å². The van der Waals surface area contributed by atoms with Crippen LogP contribution in [0.1, 0.15) is 45.1 Å². The third-order valence-corrected chi connectivity index (χ3v) is 4.00. The molecule has 8 heteroatoms. The van der Waals surface area contributed by atoms with Crippen molar-refractivity contribution in [3.8, 4) is 0 Å². The lowest BCUT2D eigenvalue weighted by molar-refractivity contribution is -0.137. The second-order valence-electron chi connectivity index (χ2n) is 5.89. The predicted octanol–water partition coefficient (Wildman–Crippen LogP) is 4.22. The molecule has 0 saturated carbocycles. The molecule has 0 aromatic heterocycles. The van der Waals surface area contributed by atoms with Gasteiger partial charge in [0.05, 0.1) is 5.56 Å². The van der Waals surface area contributed by atoms with Gasteiger partial charge in [-0.1, -0.05) is 19.9 Å². The predicted molar refractivity (Wildman–Crippen MR) is 99.8 cm³/mol. The van der Waals surface area contributed by atoms with Gasteiger partial charge in [-0.3, -0.25) is 15.1 Å². The van der Waals surface area contributed by atoms with Crippen LogP contribution in [0.5, 0.6) is 0 Å². The van der Waals surface area contributed by atoms with E-state index in [1.54, 1.807) is 7.05 Å². The van der Waals surface area contributed by atoms with Crippen molar-refractivity contribution < 1.29 is 22.7 Å². The van der Waals surface area contributed by atoms with Crippen LogP contribution < -0.4 is 15.8 Å². The number of anilines is 1. The number of amides is 1. The number of hydrogen-bond donors (Lipinski definition) is 2. The van der Waals surface area contributed by atoms with Crippen LogP contribution in [0.15, 0.2) is 36.0 Å². The summed E-state index contributed by atoms with van der Waals surface area (Å²) in [5, 5.41) is 0. The van der Waals surface area contributed by atoms with Crippen molar-refractivity contribution in [2.24, 2.45) is 0 Å². The summed E-state index contributed by atoms with van der Waals surface area (Å²) in [5.41, 5.74) is 6.08. The number of nitrogens with zero attached hydrogens (tertiary/aromatic N) is 1. The third kappa shape index (κ3) is 6.97. The molecule has 2 N–H and O–H groups in total. The van der Waals surface area contributed by atoms with Gasteiger partial charge in [0, 0.05) is 24.9 Å². The lowest BCUT2D eigenvalue weighted by Crippen LogP contribution is -2.40. The second-order valence-corrected chi connectivity index (χ2v) is 5.89. The molecule has 0 aliphatic carbocycles. The van der Waals surface area contributed by atoms with Crippen molar-refractivity contribution in [2.75, 3.05) is 19.1 Å². The van der Waals surface area contributed by atoms with Gasteiger partial charge in [0.15, 0.2) is 0 Å². The Labute approximate surface area is 158 Å². The van der Waals surface area contributed by atoms with Gasteiger partial charge in [-0.05, 0) is 50.6 Å². The number of allylic oxidation sites excluding steroid dienone is 2. The third-order valence-electron chi connectivity index (χ3n) is 4.00. The molecule has 27 heavy (non-hydrogen) atoms. The smallest absolute Gasteiger partial charge is 0.365 e. The largest absolute Gasteiger partial charge is 0.416 e. The highest BCUT2D eigenvalue weighted by molar-refractivity contribution is 5.96. The number of nitrogens with one attached hydrogen (secondary N) is 2. The van der Waals surface area contributed by atoms with Gasteiger partial charge >= 0.3 is 6.18 Å². The Morgan fingerprint density at radius 2 is 1.89 bits per heavy atom. The van der Waals surface area contributed by atoms with Crippen LogP contribution in [-0.2, 0) is 15.7 Å². The van der Waals surface area contributed by atoms with Crippen LogP contribution in [0.3, 0.4) is 0 Å². The van der Waals surface area contributed by atoms with E-state index in [4.69, 9.17) is 4.74 Å². The average Bonchev–Trinajstić information content (AvgIpc) is 2.64. The fourth-order valence-corrected chi connectivity index (χ4v) is 2.68. The van der Waals surface area contributed by atoms with Crippen LogP contribution in [0, 0.1) is 0 Å². The van der Waals surface area contributed by atoms with Gasteiger partial charge in [-0.25, -0.2) is 5.43 Å². The number of hydrogen-bond acceptors (Lipinski definition) is 4. The maximum absolute atomic E-state index is 12.9. The number of ether oxygens (including phenoxy) is 1.